The lowest BCUT2D eigenvalue weighted by atomic mass is 10.2. The highest BCUT2D eigenvalue weighted by molar-refractivity contribution is 9.10. The lowest BCUT2D eigenvalue weighted by Crippen LogP contribution is -2.13. The Morgan fingerprint density at radius 2 is 1.96 bits per heavy atom. The maximum absolute atomic E-state index is 12.9. The van der Waals surface area contributed by atoms with Crippen molar-refractivity contribution in [2.75, 3.05) is 19.0 Å². The standard InChI is InChI=1S/C17H17BrN4OS/c1-21(2)15-6-4-3-5-13(15)12-24(23)17-19-9-10-22(17)16-8-7-14(18)11-20-16/h3-11H,12H2,1-2H3. The number of halogens is 1. The van der Waals surface area contributed by atoms with Gasteiger partial charge in [0.05, 0.1) is 16.6 Å². The molecule has 0 N–H and O–H groups in total. The summed E-state index contributed by atoms with van der Waals surface area (Å²) in [5, 5.41) is 0.499. The molecule has 0 aliphatic heterocycles. The van der Waals surface area contributed by atoms with Crippen molar-refractivity contribution in [3.63, 3.8) is 0 Å². The fourth-order valence-corrected chi connectivity index (χ4v) is 3.86. The minimum Gasteiger partial charge on any atom is -0.377 e. The third kappa shape index (κ3) is 3.57. The van der Waals surface area contributed by atoms with Gasteiger partial charge in [-0.15, -0.1) is 0 Å². The molecule has 0 bridgehead atoms. The van der Waals surface area contributed by atoms with Gasteiger partial charge in [-0.05, 0) is 39.7 Å². The second-order valence-corrected chi connectivity index (χ2v) is 7.69. The first kappa shape index (κ1) is 16.9. The zero-order chi connectivity index (χ0) is 17.1. The van der Waals surface area contributed by atoms with Crippen LogP contribution in [-0.4, -0.2) is 32.8 Å². The third-order valence-corrected chi connectivity index (χ3v) is 5.28. The van der Waals surface area contributed by atoms with Crippen LogP contribution in [0.15, 0.2) is 64.6 Å². The second kappa shape index (κ2) is 7.27. The molecule has 0 saturated carbocycles. The van der Waals surface area contributed by atoms with Crippen molar-refractivity contribution in [1.29, 1.82) is 0 Å². The largest absolute Gasteiger partial charge is 0.377 e. The summed E-state index contributed by atoms with van der Waals surface area (Å²) in [6, 6.07) is 11.7. The highest BCUT2D eigenvalue weighted by Gasteiger charge is 2.16. The molecule has 0 fully saturated rings. The van der Waals surface area contributed by atoms with E-state index in [1.54, 1.807) is 23.2 Å². The first-order chi connectivity index (χ1) is 11.6. The summed E-state index contributed by atoms with van der Waals surface area (Å²) in [7, 11) is 2.69. The van der Waals surface area contributed by atoms with Crippen LogP contribution in [0.3, 0.4) is 0 Å². The summed E-state index contributed by atoms with van der Waals surface area (Å²) in [6.45, 7) is 0. The number of pyridine rings is 1. The van der Waals surface area contributed by atoms with Crippen LogP contribution in [0.25, 0.3) is 5.82 Å². The molecule has 2 aromatic heterocycles. The number of imidazole rings is 1. The molecule has 5 nitrogen and oxygen atoms in total. The number of hydrogen-bond acceptors (Lipinski definition) is 4. The van der Waals surface area contributed by atoms with Crippen LogP contribution in [-0.2, 0) is 16.6 Å². The summed E-state index contributed by atoms with van der Waals surface area (Å²) in [4.78, 5) is 10.7. The molecule has 3 aromatic rings. The van der Waals surface area contributed by atoms with Crippen molar-refractivity contribution in [1.82, 2.24) is 14.5 Å². The molecular weight excluding hydrogens is 388 g/mol. The van der Waals surface area contributed by atoms with Crippen LogP contribution in [0.4, 0.5) is 5.69 Å². The Balaban J connectivity index is 1.90. The SMILES string of the molecule is CN(C)c1ccccc1CS(=O)c1nccn1-c1ccc(Br)cn1. The maximum atomic E-state index is 12.9. The molecule has 0 saturated heterocycles. The molecule has 0 amide bonds. The minimum atomic E-state index is -1.27. The Morgan fingerprint density at radius 3 is 2.67 bits per heavy atom. The van der Waals surface area contributed by atoms with E-state index in [4.69, 9.17) is 0 Å². The monoisotopic (exact) mass is 404 g/mol. The average Bonchev–Trinajstić information content (AvgIpc) is 3.05. The van der Waals surface area contributed by atoms with E-state index in [-0.39, 0.29) is 0 Å². The Labute approximate surface area is 152 Å². The van der Waals surface area contributed by atoms with Crippen LogP contribution in [0.2, 0.25) is 0 Å². The fourth-order valence-electron chi connectivity index (χ4n) is 2.42. The van der Waals surface area contributed by atoms with Gasteiger partial charge in [-0.1, -0.05) is 18.2 Å². The topological polar surface area (TPSA) is 51.0 Å². The van der Waals surface area contributed by atoms with Gasteiger partial charge in [0, 0.05) is 42.8 Å². The number of aromatic nitrogens is 3. The third-order valence-electron chi connectivity index (χ3n) is 3.53. The fraction of sp³-hybridized carbons (Fsp3) is 0.176. The Kier molecular flexibility index (Phi) is 5.11. The van der Waals surface area contributed by atoms with Gasteiger partial charge in [0.25, 0.3) is 0 Å². The number of nitrogens with zero attached hydrogens (tertiary/aromatic N) is 4. The maximum Gasteiger partial charge on any atom is 0.205 e. The van der Waals surface area contributed by atoms with Gasteiger partial charge in [-0.2, -0.15) is 0 Å². The second-order valence-electron chi connectivity index (χ2n) is 5.43. The zero-order valence-corrected chi connectivity index (χ0v) is 15.8. The van der Waals surface area contributed by atoms with Gasteiger partial charge < -0.3 is 4.90 Å². The van der Waals surface area contributed by atoms with Gasteiger partial charge in [-0.25, -0.2) is 9.97 Å². The van der Waals surface area contributed by atoms with E-state index < -0.39 is 10.8 Å². The Morgan fingerprint density at radius 1 is 1.17 bits per heavy atom. The van der Waals surface area contributed by atoms with Crippen LogP contribution >= 0.6 is 15.9 Å². The zero-order valence-electron chi connectivity index (χ0n) is 13.4. The van der Waals surface area contributed by atoms with Gasteiger partial charge in [0.1, 0.15) is 5.82 Å². The number of benzene rings is 1. The number of hydrogen-bond donors (Lipinski definition) is 0. The summed E-state index contributed by atoms with van der Waals surface area (Å²) in [5.74, 6) is 1.10. The average molecular weight is 405 g/mol. The number of rotatable bonds is 5. The molecule has 24 heavy (non-hydrogen) atoms. The van der Waals surface area contributed by atoms with Crippen LogP contribution in [0.1, 0.15) is 5.56 Å². The Bertz CT molecular complexity index is 861. The lowest BCUT2D eigenvalue weighted by molar-refractivity contribution is 0.671. The lowest BCUT2D eigenvalue weighted by Gasteiger charge is -2.17. The van der Waals surface area contributed by atoms with Gasteiger partial charge in [0.2, 0.25) is 5.16 Å². The molecule has 1 unspecified atom stereocenters. The first-order valence-electron chi connectivity index (χ1n) is 7.35. The predicted octanol–water partition coefficient (Wildman–Crippen LogP) is 3.40. The summed E-state index contributed by atoms with van der Waals surface area (Å²) in [5.41, 5.74) is 2.09. The summed E-state index contributed by atoms with van der Waals surface area (Å²) >= 11 is 3.37. The van der Waals surface area contributed by atoms with E-state index in [1.165, 1.54) is 0 Å². The van der Waals surface area contributed by atoms with Crippen LogP contribution in [0, 0.1) is 0 Å². The minimum absolute atomic E-state index is 0.405. The molecule has 7 heteroatoms. The highest BCUT2D eigenvalue weighted by Crippen LogP contribution is 2.22. The predicted molar refractivity (Wildman–Crippen MR) is 99.9 cm³/mol. The van der Waals surface area contributed by atoms with Crippen molar-refractivity contribution >= 4 is 32.4 Å². The van der Waals surface area contributed by atoms with Crippen molar-refractivity contribution in [2.45, 2.75) is 10.9 Å². The molecule has 1 aromatic carbocycles. The summed E-state index contributed by atoms with van der Waals surface area (Å²) < 4.78 is 15.5. The highest BCUT2D eigenvalue weighted by atomic mass is 79.9. The molecular formula is C17H17BrN4OS. The van der Waals surface area contributed by atoms with Gasteiger partial charge >= 0.3 is 0 Å². The first-order valence-corrected chi connectivity index (χ1v) is 9.46. The Hall–Kier alpha value is -1.99. The summed E-state index contributed by atoms with van der Waals surface area (Å²) in [6.07, 6.45) is 5.14. The van der Waals surface area contributed by atoms with E-state index in [9.17, 15) is 4.21 Å². The van der Waals surface area contributed by atoms with Crippen LogP contribution in [0.5, 0.6) is 0 Å². The van der Waals surface area contributed by atoms with Crippen molar-refractivity contribution in [3.05, 3.63) is 65.0 Å². The van der Waals surface area contributed by atoms with Crippen molar-refractivity contribution in [3.8, 4) is 5.82 Å². The molecule has 0 radical (unpaired) electrons. The smallest absolute Gasteiger partial charge is 0.205 e. The molecule has 1 atom stereocenters. The van der Waals surface area contributed by atoms with E-state index in [2.05, 4.69) is 25.9 Å². The molecule has 3 rings (SSSR count). The number of anilines is 1. The van der Waals surface area contributed by atoms with Crippen molar-refractivity contribution in [2.24, 2.45) is 0 Å². The van der Waals surface area contributed by atoms with Gasteiger partial charge in [-0.3, -0.25) is 8.78 Å². The molecule has 124 valence electrons. The van der Waals surface area contributed by atoms with E-state index in [0.29, 0.717) is 16.7 Å². The normalized spacial score (nSPS) is 12.1. The number of para-hydroxylation sites is 1. The van der Waals surface area contributed by atoms with E-state index >= 15 is 0 Å². The van der Waals surface area contributed by atoms with Crippen molar-refractivity contribution < 1.29 is 4.21 Å². The van der Waals surface area contributed by atoms with E-state index in [1.807, 2.05) is 55.4 Å². The molecule has 2 heterocycles. The molecule has 0 aliphatic rings. The van der Waals surface area contributed by atoms with Gasteiger partial charge in [0.15, 0.2) is 0 Å². The molecule has 0 spiro atoms. The molecule has 0 aliphatic carbocycles. The van der Waals surface area contributed by atoms with Crippen LogP contribution < -0.4 is 4.90 Å². The van der Waals surface area contributed by atoms with E-state index in [0.717, 1.165) is 15.7 Å². The quantitative estimate of drug-likeness (QED) is 0.653.